The number of primary amides is 1. The van der Waals surface area contributed by atoms with E-state index in [1.807, 2.05) is 0 Å². The van der Waals surface area contributed by atoms with Gasteiger partial charge in [-0.05, 0) is 24.8 Å². The third-order valence-electron chi connectivity index (χ3n) is 3.94. The van der Waals surface area contributed by atoms with Gasteiger partial charge in [-0.3, -0.25) is 14.9 Å². The number of benzene rings is 1. The first kappa shape index (κ1) is 17.0. The Balaban J connectivity index is 2.23. The summed E-state index contributed by atoms with van der Waals surface area (Å²) in [5.74, 6) is -0.356. The topological polar surface area (TPSA) is 89.5 Å². The molecule has 2 rings (SSSR count). The largest absolute Gasteiger partial charge is 0.418 e. The first-order chi connectivity index (χ1) is 10.7. The molecule has 1 heterocycles. The zero-order valence-electron chi connectivity index (χ0n) is 12.2. The van der Waals surface area contributed by atoms with Gasteiger partial charge in [0.1, 0.15) is 0 Å². The molecule has 1 amide bonds. The van der Waals surface area contributed by atoms with Crippen molar-refractivity contribution in [2.75, 3.05) is 18.0 Å². The molecule has 1 aliphatic rings. The second-order valence-corrected chi connectivity index (χ2v) is 5.56. The maximum Gasteiger partial charge on any atom is 0.418 e. The Hall–Kier alpha value is -2.32. The van der Waals surface area contributed by atoms with Crippen molar-refractivity contribution >= 4 is 17.3 Å². The quantitative estimate of drug-likeness (QED) is 0.678. The molecular weight excluding hydrogens is 315 g/mol. The van der Waals surface area contributed by atoms with E-state index in [0.717, 1.165) is 12.1 Å². The molecule has 0 radical (unpaired) electrons. The van der Waals surface area contributed by atoms with Crippen LogP contribution in [-0.4, -0.2) is 23.9 Å². The molecule has 2 N–H and O–H groups in total. The van der Waals surface area contributed by atoms with E-state index < -0.39 is 28.3 Å². The lowest BCUT2D eigenvalue weighted by Crippen LogP contribution is -2.36. The van der Waals surface area contributed by atoms with E-state index in [9.17, 15) is 28.1 Å². The molecule has 0 aliphatic carbocycles. The Morgan fingerprint density at radius 3 is 2.43 bits per heavy atom. The molecule has 0 atom stereocenters. The number of amides is 1. The van der Waals surface area contributed by atoms with Gasteiger partial charge in [-0.1, -0.05) is 0 Å². The maximum atomic E-state index is 13.2. The molecule has 0 spiro atoms. The van der Waals surface area contributed by atoms with Crippen molar-refractivity contribution in [1.29, 1.82) is 0 Å². The van der Waals surface area contributed by atoms with Crippen molar-refractivity contribution < 1.29 is 22.9 Å². The Bertz CT molecular complexity index is 611. The summed E-state index contributed by atoms with van der Waals surface area (Å²) in [6.07, 6.45) is -3.35. The van der Waals surface area contributed by atoms with Crippen LogP contribution in [0.4, 0.5) is 24.5 Å². The number of hydrogen-bond acceptors (Lipinski definition) is 4. The number of hydrogen-bond donors (Lipinski definition) is 1. The third-order valence-corrected chi connectivity index (χ3v) is 3.94. The summed E-state index contributed by atoms with van der Waals surface area (Å²) in [7, 11) is 0. The zero-order valence-corrected chi connectivity index (χ0v) is 12.2. The highest BCUT2D eigenvalue weighted by atomic mass is 19.4. The molecule has 1 aromatic rings. The van der Waals surface area contributed by atoms with Crippen molar-refractivity contribution in [3.8, 4) is 0 Å². The molecule has 6 nitrogen and oxygen atoms in total. The van der Waals surface area contributed by atoms with Crippen molar-refractivity contribution in [3.05, 3.63) is 33.9 Å². The van der Waals surface area contributed by atoms with Gasteiger partial charge in [0, 0.05) is 37.3 Å². The Labute approximate surface area is 130 Å². The van der Waals surface area contributed by atoms with Gasteiger partial charge in [-0.25, -0.2) is 0 Å². The fourth-order valence-electron chi connectivity index (χ4n) is 2.80. The van der Waals surface area contributed by atoms with Crippen molar-refractivity contribution in [3.63, 3.8) is 0 Å². The standard InChI is InChI=1S/C14H16F3N3O3/c15-14(16,17)11-8-10(20(22)23)1-2-12(11)19-5-3-9(4-6-19)7-13(18)21/h1-2,8-9H,3-7H2,(H2,18,21). The maximum absolute atomic E-state index is 13.2. The highest BCUT2D eigenvalue weighted by Crippen LogP contribution is 2.40. The van der Waals surface area contributed by atoms with Gasteiger partial charge in [0.2, 0.25) is 5.91 Å². The second-order valence-electron chi connectivity index (χ2n) is 5.56. The van der Waals surface area contributed by atoms with Crippen LogP contribution in [0.25, 0.3) is 0 Å². The molecule has 0 saturated carbocycles. The van der Waals surface area contributed by atoms with Crippen LogP contribution in [0, 0.1) is 16.0 Å². The molecule has 1 aliphatic heterocycles. The van der Waals surface area contributed by atoms with Gasteiger partial charge in [0.15, 0.2) is 0 Å². The van der Waals surface area contributed by atoms with Crippen LogP contribution < -0.4 is 10.6 Å². The number of rotatable bonds is 4. The predicted molar refractivity (Wildman–Crippen MR) is 76.8 cm³/mol. The molecule has 0 aromatic heterocycles. The van der Waals surface area contributed by atoms with E-state index in [0.29, 0.717) is 32.0 Å². The monoisotopic (exact) mass is 331 g/mol. The van der Waals surface area contributed by atoms with Crippen molar-refractivity contribution in [2.24, 2.45) is 11.7 Å². The van der Waals surface area contributed by atoms with Gasteiger partial charge < -0.3 is 10.6 Å². The average molecular weight is 331 g/mol. The fourth-order valence-corrected chi connectivity index (χ4v) is 2.80. The van der Waals surface area contributed by atoms with Crippen LogP contribution >= 0.6 is 0 Å². The number of carbonyl (C=O) groups excluding carboxylic acids is 1. The van der Waals surface area contributed by atoms with Gasteiger partial charge >= 0.3 is 6.18 Å². The fraction of sp³-hybridized carbons (Fsp3) is 0.500. The summed E-state index contributed by atoms with van der Waals surface area (Å²) in [6.45, 7) is 0.692. The van der Waals surface area contributed by atoms with Gasteiger partial charge in [-0.15, -0.1) is 0 Å². The molecule has 0 bridgehead atoms. The highest BCUT2D eigenvalue weighted by molar-refractivity contribution is 5.74. The summed E-state index contributed by atoms with van der Waals surface area (Å²) < 4.78 is 39.6. The number of alkyl halides is 3. The molecule has 1 fully saturated rings. The molecule has 1 saturated heterocycles. The Kier molecular flexibility index (Phi) is 4.76. The molecular formula is C14H16F3N3O3. The lowest BCUT2D eigenvalue weighted by atomic mass is 9.92. The minimum Gasteiger partial charge on any atom is -0.371 e. The van der Waals surface area contributed by atoms with Gasteiger partial charge in [0.05, 0.1) is 10.5 Å². The van der Waals surface area contributed by atoms with Crippen LogP contribution in [-0.2, 0) is 11.0 Å². The van der Waals surface area contributed by atoms with Crippen molar-refractivity contribution in [2.45, 2.75) is 25.4 Å². The predicted octanol–water partition coefficient (Wildman–Crippen LogP) is 2.71. The highest BCUT2D eigenvalue weighted by Gasteiger charge is 2.37. The van der Waals surface area contributed by atoms with Crippen LogP contribution in [0.2, 0.25) is 0 Å². The number of anilines is 1. The molecule has 23 heavy (non-hydrogen) atoms. The summed E-state index contributed by atoms with van der Waals surface area (Å²) in [4.78, 5) is 22.3. The number of carbonyl (C=O) groups is 1. The van der Waals surface area contributed by atoms with Crippen LogP contribution in [0.15, 0.2) is 18.2 Å². The van der Waals surface area contributed by atoms with E-state index >= 15 is 0 Å². The number of nitrogens with two attached hydrogens (primary N) is 1. The van der Waals surface area contributed by atoms with Gasteiger partial charge in [-0.2, -0.15) is 13.2 Å². The SMILES string of the molecule is NC(=O)CC1CCN(c2ccc([N+](=O)[O-])cc2C(F)(F)F)CC1. The smallest absolute Gasteiger partial charge is 0.371 e. The Morgan fingerprint density at radius 2 is 1.96 bits per heavy atom. The number of non-ortho nitro benzene ring substituents is 1. The first-order valence-corrected chi connectivity index (χ1v) is 7.07. The first-order valence-electron chi connectivity index (χ1n) is 7.07. The van der Waals surface area contributed by atoms with E-state index in [1.54, 1.807) is 4.90 Å². The number of piperidine rings is 1. The lowest BCUT2D eigenvalue weighted by molar-refractivity contribution is -0.385. The molecule has 9 heteroatoms. The van der Waals surface area contributed by atoms with Crippen molar-refractivity contribution in [1.82, 2.24) is 0 Å². The zero-order chi connectivity index (χ0) is 17.2. The molecule has 0 unspecified atom stereocenters. The second kappa shape index (κ2) is 6.43. The number of nitro groups is 1. The van der Waals surface area contributed by atoms with Crippen LogP contribution in [0.1, 0.15) is 24.8 Å². The minimum absolute atomic E-state index is 0.0659. The Morgan fingerprint density at radius 1 is 1.35 bits per heavy atom. The lowest BCUT2D eigenvalue weighted by Gasteiger charge is -2.34. The molecule has 126 valence electrons. The minimum atomic E-state index is -4.68. The van der Waals surface area contributed by atoms with E-state index in [2.05, 4.69) is 0 Å². The number of nitrogens with zero attached hydrogens (tertiary/aromatic N) is 2. The summed E-state index contributed by atoms with van der Waals surface area (Å²) in [5.41, 5.74) is 3.45. The van der Waals surface area contributed by atoms with E-state index in [4.69, 9.17) is 5.73 Å². The number of nitro benzene ring substituents is 1. The van der Waals surface area contributed by atoms with Gasteiger partial charge in [0.25, 0.3) is 5.69 Å². The van der Waals surface area contributed by atoms with E-state index in [1.165, 1.54) is 0 Å². The third kappa shape index (κ3) is 4.11. The number of halogens is 3. The van der Waals surface area contributed by atoms with Crippen LogP contribution in [0.5, 0.6) is 0 Å². The normalized spacial score (nSPS) is 16.4. The summed E-state index contributed by atoms with van der Waals surface area (Å²) >= 11 is 0. The van der Waals surface area contributed by atoms with E-state index in [-0.39, 0.29) is 18.0 Å². The van der Waals surface area contributed by atoms with Crippen LogP contribution in [0.3, 0.4) is 0 Å². The average Bonchev–Trinajstić information content (AvgIpc) is 2.46. The summed E-state index contributed by atoms with van der Waals surface area (Å²) in [6, 6.07) is 2.76. The summed E-state index contributed by atoms with van der Waals surface area (Å²) in [5, 5.41) is 10.7. The molecule has 1 aromatic carbocycles.